The van der Waals surface area contributed by atoms with E-state index in [0.717, 1.165) is 27.7 Å². The molecule has 0 saturated heterocycles. The number of hydrogen-bond donors (Lipinski definition) is 1. The molecule has 0 spiro atoms. The predicted octanol–water partition coefficient (Wildman–Crippen LogP) is 3.18. The van der Waals surface area contributed by atoms with Crippen LogP contribution in [0.4, 0.5) is 0 Å². The van der Waals surface area contributed by atoms with E-state index in [1.54, 1.807) is 44.2 Å². The molecule has 4 aliphatic rings. The van der Waals surface area contributed by atoms with Crippen LogP contribution in [0.3, 0.4) is 0 Å². The molecule has 4 aliphatic carbocycles. The van der Waals surface area contributed by atoms with Gasteiger partial charge in [-0.25, -0.2) is 0 Å². The van der Waals surface area contributed by atoms with Crippen LogP contribution in [-0.2, 0) is 52.5 Å². The highest BCUT2D eigenvalue weighted by Crippen LogP contribution is 2.67. The maximum Gasteiger partial charge on any atom is 0.303 e. The average Bonchev–Trinajstić information content (AvgIpc) is 3.32. The predicted molar refractivity (Wildman–Crippen MR) is 168 cm³/mol. The molecule has 13 nitrogen and oxygen atoms in total. The summed E-state index contributed by atoms with van der Waals surface area (Å²) in [6, 6.07) is 8.70. The number of fused-ring (bicyclic) bond motifs is 4. The van der Waals surface area contributed by atoms with Gasteiger partial charge < -0.3 is 33.5 Å². The molecule has 0 amide bonds. The number of benzene rings is 1. The lowest BCUT2D eigenvalue weighted by molar-refractivity contribution is -0.238. The minimum absolute atomic E-state index is 0.0508. The van der Waals surface area contributed by atoms with Crippen LogP contribution in [0.2, 0.25) is 0 Å². The number of ether oxygens (including phenoxy) is 6. The van der Waals surface area contributed by atoms with Crippen molar-refractivity contribution >= 4 is 35.6 Å². The Bertz CT molecular complexity index is 1610. The first-order chi connectivity index (χ1) is 22.7. The minimum Gasteiger partial charge on any atom is -0.490 e. The van der Waals surface area contributed by atoms with Crippen LogP contribution in [0.5, 0.6) is 5.75 Å². The van der Waals surface area contributed by atoms with E-state index in [4.69, 9.17) is 28.4 Å². The van der Waals surface area contributed by atoms with Gasteiger partial charge >= 0.3 is 29.8 Å². The number of Topliss-reactive ketones (excluding diaryl/α,β-unsaturated/α-hetero) is 1. The molecule has 13 heteroatoms. The maximum absolute atomic E-state index is 14.4. The second-order valence-electron chi connectivity index (χ2n) is 14.5. The van der Waals surface area contributed by atoms with Crippen molar-refractivity contribution in [3.8, 4) is 5.75 Å². The molecule has 10 atom stereocenters. The standard InChI is InChI=1S/C36H44O13/c1-17-15-35(43)26(27(17)48-23-13-11-10-12-14-23)30(45-19(3)38)36(49-22(6)41)16-24-25(29(44-18(2)37)33(7,8)28(24)42)34(9,31(35)46-20(4)39)32(36)47-21(5)40/h10-14,17,26-27,29-32,43H,15-16H2,1-9H3/t17-,26+,27-,29-,30+,31?,32?,34+,35+,36+/m0/s1. The van der Waals surface area contributed by atoms with E-state index in [-0.39, 0.29) is 17.6 Å². The number of carbonyl (C=O) groups excluding carboxylic acids is 6. The van der Waals surface area contributed by atoms with Crippen LogP contribution in [0.1, 0.15) is 75.2 Å². The van der Waals surface area contributed by atoms with Gasteiger partial charge in [-0.15, -0.1) is 0 Å². The second-order valence-corrected chi connectivity index (χ2v) is 14.5. The summed E-state index contributed by atoms with van der Waals surface area (Å²) >= 11 is 0. The summed E-state index contributed by atoms with van der Waals surface area (Å²) in [6.45, 7) is 12.2. The summed E-state index contributed by atoms with van der Waals surface area (Å²) < 4.78 is 36.9. The molecule has 49 heavy (non-hydrogen) atoms. The zero-order valence-corrected chi connectivity index (χ0v) is 29.2. The first kappa shape index (κ1) is 36.0. The maximum atomic E-state index is 14.4. The molecular weight excluding hydrogens is 640 g/mol. The van der Waals surface area contributed by atoms with Gasteiger partial charge in [0.2, 0.25) is 0 Å². The lowest BCUT2D eigenvalue weighted by atomic mass is 9.58. The molecule has 0 heterocycles. The smallest absolute Gasteiger partial charge is 0.303 e. The third-order valence-electron chi connectivity index (χ3n) is 10.6. The Morgan fingerprint density at radius 2 is 1.33 bits per heavy atom. The van der Waals surface area contributed by atoms with Crippen LogP contribution in [0.25, 0.3) is 0 Å². The first-order valence-electron chi connectivity index (χ1n) is 16.3. The highest BCUT2D eigenvalue weighted by Gasteiger charge is 2.81. The Hall–Kier alpha value is -4.26. The lowest BCUT2D eigenvalue weighted by Crippen LogP contribution is -2.68. The number of ketones is 1. The van der Waals surface area contributed by atoms with Gasteiger partial charge in [0.05, 0.1) is 16.7 Å². The van der Waals surface area contributed by atoms with Crippen molar-refractivity contribution in [2.24, 2.45) is 22.7 Å². The summed E-state index contributed by atoms with van der Waals surface area (Å²) in [5.41, 5.74) is -7.44. The molecule has 2 saturated carbocycles. The van der Waals surface area contributed by atoms with Crippen molar-refractivity contribution in [2.45, 2.75) is 117 Å². The zero-order valence-electron chi connectivity index (χ0n) is 29.2. The van der Waals surface area contributed by atoms with Gasteiger partial charge in [-0.3, -0.25) is 28.8 Å². The summed E-state index contributed by atoms with van der Waals surface area (Å²) in [7, 11) is 0. The SMILES string of the molecule is CC(=O)OC1[C@]2(C)C3=C(C[C@@]1(OC(C)=O)[C@H](OC(C)=O)[C@H]1[C@@H](Oc4ccccc4)[C@@H](C)C[C@]1(O)C2OC(C)=O)C(=O)C(C)(C)[C@H]3OC(C)=O. The summed E-state index contributed by atoms with van der Waals surface area (Å²) in [5.74, 6) is -5.96. The number of aliphatic hydroxyl groups is 1. The van der Waals surface area contributed by atoms with Gasteiger partial charge in [-0.2, -0.15) is 0 Å². The van der Waals surface area contributed by atoms with E-state index in [1.165, 1.54) is 13.8 Å². The number of para-hydroxylation sites is 1. The zero-order chi connectivity index (χ0) is 36.4. The van der Waals surface area contributed by atoms with Gasteiger partial charge in [0.1, 0.15) is 29.7 Å². The van der Waals surface area contributed by atoms with Gasteiger partial charge in [0.15, 0.2) is 23.6 Å². The van der Waals surface area contributed by atoms with E-state index in [2.05, 4.69) is 0 Å². The largest absolute Gasteiger partial charge is 0.490 e. The fraction of sp³-hybridized carbons (Fsp3) is 0.611. The molecule has 0 aliphatic heterocycles. The van der Waals surface area contributed by atoms with Crippen LogP contribution < -0.4 is 4.74 Å². The normalized spacial score (nSPS) is 37.2. The lowest BCUT2D eigenvalue weighted by Gasteiger charge is -2.54. The van der Waals surface area contributed by atoms with Gasteiger partial charge in [-0.05, 0) is 50.8 Å². The summed E-state index contributed by atoms with van der Waals surface area (Å²) in [5, 5.41) is 13.3. The molecule has 2 fully saturated rings. The van der Waals surface area contributed by atoms with Crippen molar-refractivity contribution in [2.75, 3.05) is 0 Å². The van der Waals surface area contributed by atoms with Crippen LogP contribution in [0.15, 0.2) is 41.5 Å². The monoisotopic (exact) mass is 684 g/mol. The highest BCUT2D eigenvalue weighted by molar-refractivity contribution is 6.05. The Morgan fingerprint density at radius 1 is 0.776 bits per heavy atom. The first-order valence-corrected chi connectivity index (χ1v) is 16.3. The topological polar surface area (TPSA) is 178 Å². The van der Waals surface area contributed by atoms with Crippen LogP contribution in [-0.4, -0.2) is 82.5 Å². The fourth-order valence-corrected chi connectivity index (χ4v) is 9.19. The Balaban J connectivity index is 1.95. The molecule has 2 unspecified atom stereocenters. The highest BCUT2D eigenvalue weighted by atomic mass is 16.6. The number of rotatable bonds is 7. The summed E-state index contributed by atoms with van der Waals surface area (Å²) in [4.78, 5) is 79.5. The molecule has 5 rings (SSSR count). The van der Waals surface area contributed by atoms with E-state index in [0.29, 0.717) is 5.75 Å². The van der Waals surface area contributed by atoms with E-state index in [1.807, 2.05) is 6.92 Å². The third kappa shape index (κ3) is 5.59. The van der Waals surface area contributed by atoms with E-state index >= 15 is 0 Å². The molecule has 266 valence electrons. The quantitative estimate of drug-likeness (QED) is 0.327. The summed E-state index contributed by atoms with van der Waals surface area (Å²) in [6.07, 6.45) is -7.73. The molecule has 1 aromatic rings. The molecule has 1 aromatic carbocycles. The molecule has 0 radical (unpaired) electrons. The minimum atomic E-state index is -2.18. The van der Waals surface area contributed by atoms with Crippen LogP contribution >= 0.6 is 0 Å². The van der Waals surface area contributed by atoms with Gasteiger partial charge in [-0.1, -0.05) is 25.1 Å². The molecule has 2 bridgehead atoms. The van der Waals surface area contributed by atoms with Gasteiger partial charge in [0.25, 0.3) is 0 Å². The van der Waals surface area contributed by atoms with Crippen molar-refractivity contribution in [1.82, 2.24) is 0 Å². The van der Waals surface area contributed by atoms with E-state index < -0.39 is 106 Å². The van der Waals surface area contributed by atoms with Gasteiger partial charge in [0, 0.05) is 46.6 Å². The van der Waals surface area contributed by atoms with Crippen LogP contribution in [0, 0.1) is 22.7 Å². The molecular formula is C36H44O13. The third-order valence-corrected chi connectivity index (χ3v) is 10.6. The number of carbonyl (C=O) groups is 6. The average molecular weight is 685 g/mol. The molecule has 0 aromatic heterocycles. The van der Waals surface area contributed by atoms with Crippen molar-refractivity contribution in [3.63, 3.8) is 0 Å². The number of esters is 5. The van der Waals surface area contributed by atoms with Crippen molar-refractivity contribution < 1.29 is 62.3 Å². The Kier molecular flexibility index (Phi) is 9.01. The number of hydrogen-bond acceptors (Lipinski definition) is 13. The molecule has 1 N–H and O–H groups in total. The Labute approximate surface area is 284 Å². The van der Waals surface area contributed by atoms with Crippen molar-refractivity contribution in [3.05, 3.63) is 41.5 Å². The fourth-order valence-electron chi connectivity index (χ4n) is 9.19. The van der Waals surface area contributed by atoms with Crippen molar-refractivity contribution in [1.29, 1.82) is 0 Å². The van der Waals surface area contributed by atoms with E-state index in [9.17, 15) is 33.9 Å². The Morgan fingerprint density at radius 3 is 1.86 bits per heavy atom. The second kappa shape index (κ2) is 12.3.